The van der Waals surface area contributed by atoms with Crippen molar-refractivity contribution >= 4 is 17.2 Å². The highest BCUT2D eigenvalue weighted by Gasteiger charge is 2.21. The fourth-order valence-electron chi connectivity index (χ4n) is 1.41. The minimum atomic E-state index is 0.0157. The molecule has 3 N–H and O–H groups in total. The lowest BCUT2D eigenvalue weighted by Crippen LogP contribution is -2.04. The maximum absolute atomic E-state index is 11.2. The molecular weight excluding hydrogens is 176 g/mol. The summed E-state index contributed by atoms with van der Waals surface area (Å²) < 4.78 is 0. The molecule has 0 saturated heterocycles. The van der Waals surface area contributed by atoms with Crippen molar-refractivity contribution < 1.29 is 4.79 Å². The molecule has 0 spiro atoms. The zero-order valence-electron chi connectivity index (χ0n) is 8.21. The van der Waals surface area contributed by atoms with E-state index in [1.54, 1.807) is 6.07 Å². The van der Waals surface area contributed by atoms with E-state index in [-0.39, 0.29) is 5.78 Å². The Hall–Kier alpha value is -1.51. The molecule has 0 bridgehead atoms. The lowest BCUT2D eigenvalue weighted by Gasteiger charge is -2.07. The predicted octanol–water partition coefficient (Wildman–Crippen LogP) is 2.05. The van der Waals surface area contributed by atoms with Gasteiger partial charge in [-0.05, 0) is 38.0 Å². The minimum Gasteiger partial charge on any atom is -0.398 e. The van der Waals surface area contributed by atoms with Crippen molar-refractivity contribution in [1.29, 1.82) is 0 Å². The Morgan fingerprint density at radius 1 is 1.50 bits per heavy atom. The zero-order chi connectivity index (χ0) is 10.1. The summed E-state index contributed by atoms with van der Waals surface area (Å²) in [4.78, 5) is 11.2. The van der Waals surface area contributed by atoms with Crippen LogP contribution in [0.3, 0.4) is 0 Å². The molecule has 14 heavy (non-hydrogen) atoms. The molecule has 0 aromatic heterocycles. The van der Waals surface area contributed by atoms with Crippen molar-refractivity contribution in [2.24, 2.45) is 0 Å². The highest BCUT2D eigenvalue weighted by atomic mass is 16.1. The molecule has 3 heteroatoms. The highest BCUT2D eigenvalue weighted by Crippen LogP contribution is 2.26. The zero-order valence-corrected chi connectivity index (χ0v) is 8.21. The van der Waals surface area contributed by atoms with Crippen LogP contribution in [0.4, 0.5) is 11.4 Å². The summed E-state index contributed by atoms with van der Waals surface area (Å²) in [6.07, 6.45) is 2.44. The second-order valence-corrected chi connectivity index (χ2v) is 3.78. The number of benzene rings is 1. The summed E-state index contributed by atoms with van der Waals surface area (Å²) in [5.74, 6) is 0.0157. The average Bonchev–Trinajstić information content (AvgIpc) is 2.92. The van der Waals surface area contributed by atoms with Gasteiger partial charge in [0.05, 0.1) is 0 Å². The topological polar surface area (TPSA) is 55.1 Å². The van der Waals surface area contributed by atoms with E-state index < -0.39 is 0 Å². The van der Waals surface area contributed by atoms with E-state index in [0.29, 0.717) is 17.3 Å². The van der Waals surface area contributed by atoms with Crippen molar-refractivity contribution in [2.45, 2.75) is 25.8 Å². The third-order valence-electron chi connectivity index (χ3n) is 2.38. The molecule has 1 fully saturated rings. The summed E-state index contributed by atoms with van der Waals surface area (Å²) in [6, 6.07) is 6.12. The van der Waals surface area contributed by atoms with Gasteiger partial charge in [0, 0.05) is 23.0 Å². The van der Waals surface area contributed by atoms with E-state index in [2.05, 4.69) is 5.32 Å². The first-order valence-corrected chi connectivity index (χ1v) is 4.84. The van der Waals surface area contributed by atoms with E-state index in [9.17, 15) is 4.79 Å². The Morgan fingerprint density at radius 2 is 2.21 bits per heavy atom. The minimum absolute atomic E-state index is 0.0157. The summed E-state index contributed by atoms with van der Waals surface area (Å²) in [7, 11) is 0. The van der Waals surface area contributed by atoms with Crippen molar-refractivity contribution in [3.05, 3.63) is 23.8 Å². The van der Waals surface area contributed by atoms with Crippen LogP contribution in [-0.2, 0) is 0 Å². The van der Waals surface area contributed by atoms with Crippen LogP contribution < -0.4 is 11.1 Å². The van der Waals surface area contributed by atoms with Gasteiger partial charge in [0.1, 0.15) is 0 Å². The number of hydrogen-bond acceptors (Lipinski definition) is 3. The number of carbonyl (C=O) groups is 1. The predicted molar refractivity (Wildman–Crippen MR) is 57.5 cm³/mol. The van der Waals surface area contributed by atoms with Gasteiger partial charge >= 0.3 is 0 Å². The molecule has 0 amide bonds. The quantitative estimate of drug-likeness (QED) is 0.566. The number of nitrogens with one attached hydrogen (secondary N) is 1. The Kier molecular flexibility index (Phi) is 2.15. The summed E-state index contributed by atoms with van der Waals surface area (Å²) in [6.45, 7) is 1.53. The second-order valence-electron chi connectivity index (χ2n) is 3.78. The van der Waals surface area contributed by atoms with Gasteiger partial charge in [0.25, 0.3) is 0 Å². The van der Waals surface area contributed by atoms with Crippen LogP contribution in [0.1, 0.15) is 30.1 Å². The number of ketones is 1. The van der Waals surface area contributed by atoms with Crippen LogP contribution in [-0.4, -0.2) is 11.8 Å². The van der Waals surface area contributed by atoms with Crippen molar-refractivity contribution in [3.8, 4) is 0 Å². The second kappa shape index (κ2) is 3.33. The molecule has 1 aliphatic rings. The van der Waals surface area contributed by atoms with Crippen LogP contribution in [0.5, 0.6) is 0 Å². The van der Waals surface area contributed by atoms with E-state index in [1.165, 1.54) is 19.8 Å². The highest BCUT2D eigenvalue weighted by molar-refractivity contribution is 6.00. The number of nitrogen functional groups attached to an aromatic ring is 1. The van der Waals surface area contributed by atoms with Gasteiger partial charge in [-0.2, -0.15) is 0 Å². The van der Waals surface area contributed by atoms with Crippen molar-refractivity contribution in [2.75, 3.05) is 11.1 Å². The van der Waals surface area contributed by atoms with Crippen molar-refractivity contribution in [3.63, 3.8) is 0 Å². The van der Waals surface area contributed by atoms with E-state index in [4.69, 9.17) is 5.73 Å². The van der Waals surface area contributed by atoms with Gasteiger partial charge in [-0.15, -0.1) is 0 Å². The lowest BCUT2D eigenvalue weighted by molar-refractivity contribution is 0.101. The Labute approximate surface area is 83.3 Å². The number of anilines is 2. The number of Topliss-reactive ketones (excluding diaryl/α,β-unsaturated/α-hetero) is 1. The van der Waals surface area contributed by atoms with Gasteiger partial charge in [-0.25, -0.2) is 0 Å². The molecule has 1 aliphatic carbocycles. The SMILES string of the molecule is CC(=O)c1cc(NC2CC2)ccc1N. The maximum atomic E-state index is 11.2. The summed E-state index contributed by atoms with van der Waals surface area (Å²) >= 11 is 0. The Morgan fingerprint density at radius 3 is 2.79 bits per heavy atom. The first-order valence-electron chi connectivity index (χ1n) is 4.84. The number of carbonyl (C=O) groups excluding carboxylic acids is 1. The van der Waals surface area contributed by atoms with Gasteiger partial charge in [0.15, 0.2) is 5.78 Å². The first kappa shape index (κ1) is 9.06. The van der Waals surface area contributed by atoms with Gasteiger partial charge in [0.2, 0.25) is 0 Å². The maximum Gasteiger partial charge on any atom is 0.161 e. The largest absolute Gasteiger partial charge is 0.398 e. The molecule has 3 nitrogen and oxygen atoms in total. The molecule has 1 saturated carbocycles. The number of nitrogens with two attached hydrogens (primary N) is 1. The first-order chi connectivity index (χ1) is 6.66. The normalized spacial score (nSPS) is 15.2. The number of rotatable bonds is 3. The fourth-order valence-corrected chi connectivity index (χ4v) is 1.41. The summed E-state index contributed by atoms with van der Waals surface area (Å²) in [5.41, 5.74) is 7.84. The molecule has 1 aromatic carbocycles. The van der Waals surface area contributed by atoms with E-state index >= 15 is 0 Å². The Balaban J connectivity index is 2.24. The molecule has 0 atom stereocenters. The van der Waals surface area contributed by atoms with Gasteiger partial charge < -0.3 is 11.1 Å². The number of hydrogen-bond donors (Lipinski definition) is 2. The van der Waals surface area contributed by atoms with Crippen molar-refractivity contribution in [1.82, 2.24) is 0 Å². The molecule has 2 rings (SSSR count). The van der Waals surface area contributed by atoms with Crippen LogP contribution in [0.2, 0.25) is 0 Å². The van der Waals surface area contributed by atoms with Crippen LogP contribution in [0, 0.1) is 0 Å². The molecule has 0 heterocycles. The molecular formula is C11H14N2O. The molecule has 1 aromatic rings. The third kappa shape index (κ3) is 1.87. The summed E-state index contributed by atoms with van der Waals surface area (Å²) in [5, 5.41) is 3.33. The van der Waals surface area contributed by atoms with E-state index in [0.717, 1.165) is 5.69 Å². The Bertz CT molecular complexity index is 370. The smallest absolute Gasteiger partial charge is 0.161 e. The average molecular weight is 190 g/mol. The van der Waals surface area contributed by atoms with Gasteiger partial charge in [-0.3, -0.25) is 4.79 Å². The van der Waals surface area contributed by atoms with E-state index in [1.807, 2.05) is 12.1 Å². The molecule has 0 unspecified atom stereocenters. The standard InChI is InChI=1S/C11H14N2O/c1-7(14)10-6-9(4-5-11(10)12)13-8-2-3-8/h4-6,8,13H,2-3,12H2,1H3. The molecule has 0 aliphatic heterocycles. The third-order valence-corrected chi connectivity index (χ3v) is 2.38. The lowest BCUT2D eigenvalue weighted by atomic mass is 10.1. The van der Waals surface area contributed by atoms with Crippen LogP contribution in [0.15, 0.2) is 18.2 Å². The monoisotopic (exact) mass is 190 g/mol. The fraction of sp³-hybridized carbons (Fsp3) is 0.364. The van der Waals surface area contributed by atoms with Crippen LogP contribution >= 0.6 is 0 Å². The van der Waals surface area contributed by atoms with Crippen LogP contribution in [0.25, 0.3) is 0 Å². The molecule has 0 radical (unpaired) electrons. The van der Waals surface area contributed by atoms with Gasteiger partial charge in [-0.1, -0.05) is 0 Å². The molecule has 74 valence electrons.